The van der Waals surface area contributed by atoms with Crippen LogP contribution in [0.5, 0.6) is 0 Å². The zero-order chi connectivity index (χ0) is 18.4. The van der Waals surface area contributed by atoms with Gasteiger partial charge in [-0.25, -0.2) is 0 Å². The first kappa shape index (κ1) is 22.1. The highest BCUT2D eigenvalue weighted by Crippen LogP contribution is 2.46. The first-order chi connectivity index (χ1) is 11.0. The topological polar surface area (TPSA) is 40.5 Å². The standard InChI is InChI=1S/C19H34O2S2Si/c1-18(2,13-9-14-19(3,4)24(5,6)21)23-22-17-11-8-7-10-16(17)12-15-20/h7-8,10-11,20-21H,9,12-15H2,1-6H3. The third-order valence-electron chi connectivity index (χ3n) is 4.95. The van der Waals surface area contributed by atoms with E-state index >= 15 is 0 Å². The summed E-state index contributed by atoms with van der Waals surface area (Å²) in [6.07, 6.45) is 4.08. The van der Waals surface area contributed by atoms with Crippen molar-refractivity contribution in [2.75, 3.05) is 6.61 Å². The van der Waals surface area contributed by atoms with Crippen LogP contribution in [-0.2, 0) is 6.42 Å². The van der Waals surface area contributed by atoms with Gasteiger partial charge < -0.3 is 9.90 Å². The Morgan fingerprint density at radius 1 is 1.04 bits per heavy atom. The van der Waals surface area contributed by atoms with Crippen molar-refractivity contribution in [3.05, 3.63) is 29.8 Å². The minimum Gasteiger partial charge on any atom is -0.432 e. The molecule has 0 heterocycles. The zero-order valence-corrected chi connectivity index (χ0v) is 18.7. The quantitative estimate of drug-likeness (QED) is 0.388. The molecule has 1 aromatic rings. The molecular weight excluding hydrogens is 352 g/mol. The molecule has 2 nitrogen and oxygen atoms in total. The number of aliphatic hydroxyl groups excluding tert-OH is 1. The van der Waals surface area contributed by atoms with Crippen LogP contribution in [0.4, 0.5) is 0 Å². The highest BCUT2D eigenvalue weighted by molar-refractivity contribution is 8.77. The molecule has 0 spiro atoms. The van der Waals surface area contributed by atoms with E-state index in [2.05, 4.69) is 45.9 Å². The molecule has 0 aliphatic rings. The number of aliphatic hydroxyl groups is 1. The van der Waals surface area contributed by atoms with Crippen LogP contribution >= 0.6 is 21.6 Å². The van der Waals surface area contributed by atoms with Gasteiger partial charge in [0.1, 0.15) is 0 Å². The average molecular weight is 387 g/mol. The summed E-state index contributed by atoms with van der Waals surface area (Å²) in [6.45, 7) is 13.3. The van der Waals surface area contributed by atoms with Gasteiger partial charge in [0.25, 0.3) is 0 Å². The Balaban J connectivity index is 2.53. The van der Waals surface area contributed by atoms with Crippen LogP contribution in [0.2, 0.25) is 18.1 Å². The fraction of sp³-hybridized carbons (Fsp3) is 0.684. The largest absolute Gasteiger partial charge is 0.432 e. The second kappa shape index (κ2) is 9.13. The number of rotatable bonds is 10. The molecule has 138 valence electrons. The SMILES string of the molecule is CC(C)(CCCC(C)(C)[Si](C)(C)O)SSc1ccccc1CCO. The van der Waals surface area contributed by atoms with Crippen LogP contribution in [0.1, 0.15) is 52.5 Å². The lowest BCUT2D eigenvalue weighted by atomic mass is 9.99. The van der Waals surface area contributed by atoms with Crippen molar-refractivity contribution < 1.29 is 9.90 Å². The predicted molar refractivity (Wildman–Crippen MR) is 112 cm³/mol. The Morgan fingerprint density at radius 2 is 1.67 bits per heavy atom. The molecule has 0 aliphatic heterocycles. The van der Waals surface area contributed by atoms with Gasteiger partial charge in [0.2, 0.25) is 0 Å². The maximum atomic E-state index is 10.4. The number of hydrogen-bond donors (Lipinski definition) is 2. The van der Waals surface area contributed by atoms with Gasteiger partial charge in [-0.3, -0.25) is 0 Å². The summed E-state index contributed by atoms with van der Waals surface area (Å²) in [5.41, 5.74) is 1.22. The molecule has 0 aliphatic carbocycles. The highest BCUT2D eigenvalue weighted by Gasteiger charge is 2.37. The summed E-state index contributed by atoms with van der Waals surface area (Å²) in [4.78, 5) is 11.7. The molecular formula is C19H34O2S2Si. The normalized spacial score (nSPS) is 13.3. The van der Waals surface area contributed by atoms with Crippen molar-refractivity contribution in [3.8, 4) is 0 Å². The van der Waals surface area contributed by atoms with Crippen LogP contribution in [0.25, 0.3) is 0 Å². The van der Waals surface area contributed by atoms with E-state index in [-0.39, 0.29) is 16.4 Å². The molecule has 0 amide bonds. The average Bonchev–Trinajstić information content (AvgIpc) is 2.45. The molecule has 0 aromatic heterocycles. The lowest BCUT2D eigenvalue weighted by Gasteiger charge is -2.36. The minimum atomic E-state index is -2.10. The third kappa shape index (κ3) is 7.12. The first-order valence-corrected chi connectivity index (χ1v) is 13.8. The van der Waals surface area contributed by atoms with E-state index in [1.807, 2.05) is 40.7 Å². The molecule has 1 rings (SSSR count). The molecule has 24 heavy (non-hydrogen) atoms. The van der Waals surface area contributed by atoms with Gasteiger partial charge in [-0.2, -0.15) is 0 Å². The smallest absolute Gasteiger partial charge is 0.188 e. The van der Waals surface area contributed by atoms with Crippen molar-refractivity contribution in [2.45, 2.75) is 81.2 Å². The maximum absolute atomic E-state index is 10.4. The van der Waals surface area contributed by atoms with Gasteiger partial charge in [0.05, 0.1) is 0 Å². The summed E-state index contributed by atoms with van der Waals surface area (Å²) < 4.78 is 0.189. The highest BCUT2D eigenvalue weighted by atomic mass is 33.1. The Hall–Kier alpha value is 0.0569. The minimum absolute atomic E-state index is 0.0641. The van der Waals surface area contributed by atoms with Crippen LogP contribution in [-0.4, -0.2) is 29.6 Å². The Bertz CT molecular complexity index is 510. The van der Waals surface area contributed by atoms with Gasteiger partial charge in [0.15, 0.2) is 8.32 Å². The fourth-order valence-electron chi connectivity index (χ4n) is 2.37. The van der Waals surface area contributed by atoms with E-state index in [1.165, 1.54) is 10.5 Å². The van der Waals surface area contributed by atoms with Crippen molar-refractivity contribution in [1.29, 1.82) is 0 Å². The third-order valence-corrected chi connectivity index (χ3v) is 12.0. The van der Waals surface area contributed by atoms with E-state index in [4.69, 9.17) is 0 Å². The lowest BCUT2D eigenvalue weighted by Crippen LogP contribution is -2.39. The van der Waals surface area contributed by atoms with Crippen molar-refractivity contribution >= 4 is 29.9 Å². The van der Waals surface area contributed by atoms with E-state index in [9.17, 15) is 9.90 Å². The Kier molecular flexibility index (Phi) is 8.40. The summed E-state index contributed by atoms with van der Waals surface area (Å²) >= 11 is 0. The van der Waals surface area contributed by atoms with Crippen molar-refractivity contribution in [3.63, 3.8) is 0 Å². The van der Waals surface area contributed by atoms with E-state index in [1.54, 1.807) is 0 Å². The van der Waals surface area contributed by atoms with Gasteiger partial charge in [-0.15, -0.1) is 0 Å². The fourth-order valence-corrected chi connectivity index (χ4v) is 5.80. The van der Waals surface area contributed by atoms with E-state index in [0.717, 1.165) is 19.3 Å². The van der Waals surface area contributed by atoms with Crippen LogP contribution < -0.4 is 0 Å². The monoisotopic (exact) mass is 386 g/mol. The van der Waals surface area contributed by atoms with Gasteiger partial charge in [-0.1, -0.05) is 60.1 Å². The molecule has 1 aromatic carbocycles. The van der Waals surface area contributed by atoms with Gasteiger partial charge >= 0.3 is 0 Å². The summed E-state index contributed by atoms with van der Waals surface area (Å²) in [7, 11) is 1.63. The molecule has 5 heteroatoms. The Labute approximate surface area is 157 Å². The second-order valence-electron chi connectivity index (χ2n) is 8.30. The van der Waals surface area contributed by atoms with Crippen LogP contribution in [0.3, 0.4) is 0 Å². The van der Waals surface area contributed by atoms with Crippen molar-refractivity contribution in [1.82, 2.24) is 0 Å². The second-order valence-corrected chi connectivity index (χ2v) is 15.7. The Morgan fingerprint density at radius 3 is 2.25 bits per heavy atom. The molecule has 0 fully saturated rings. The van der Waals surface area contributed by atoms with Crippen LogP contribution in [0, 0.1) is 0 Å². The van der Waals surface area contributed by atoms with E-state index < -0.39 is 8.32 Å². The first-order valence-electron chi connectivity index (χ1n) is 8.75. The molecule has 2 N–H and O–H groups in total. The molecule has 0 saturated carbocycles. The van der Waals surface area contributed by atoms with Crippen molar-refractivity contribution in [2.24, 2.45) is 0 Å². The molecule has 0 radical (unpaired) electrons. The molecule has 0 atom stereocenters. The maximum Gasteiger partial charge on any atom is 0.188 e. The summed E-state index contributed by atoms with van der Waals surface area (Å²) in [5.74, 6) is 0. The predicted octanol–water partition coefficient (Wildman–Crippen LogP) is 5.89. The molecule has 0 bridgehead atoms. The van der Waals surface area contributed by atoms with E-state index in [0.29, 0.717) is 6.42 Å². The number of benzene rings is 1. The van der Waals surface area contributed by atoms with Gasteiger partial charge in [0, 0.05) is 16.2 Å². The number of hydrogen-bond acceptors (Lipinski definition) is 4. The van der Waals surface area contributed by atoms with Gasteiger partial charge in [-0.05, 0) is 62.9 Å². The van der Waals surface area contributed by atoms with Crippen LogP contribution in [0.15, 0.2) is 29.2 Å². The lowest BCUT2D eigenvalue weighted by molar-refractivity contribution is 0.299. The molecule has 0 unspecified atom stereocenters. The summed E-state index contributed by atoms with van der Waals surface area (Å²) in [6, 6.07) is 8.34. The summed E-state index contributed by atoms with van der Waals surface area (Å²) in [5, 5.41) is 9.26. The zero-order valence-electron chi connectivity index (χ0n) is 16.1. The molecule has 0 saturated heterocycles.